The summed E-state index contributed by atoms with van der Waals surface area (Å²) in [4.78, 5) is 24.7. The van der Waals surface area contributed by atoms with Crippen LogP contribution < -0.4 is 4.74 Å². The summed E-state index contributed by atoms with van der Waals surface area (Å²) in [5.41, 5.74) is -3.62. The average molecular weight is 475 g/mol. The van der Waals surface area contributed by atoms with Crippen LogP contribution in [0.4, 0.5) is 13.2 Å². The van der Waals surface area contributed by atoms with Crippen LogP contribution in [-0.4, -0.2) is 22.4 Å². The van der Waals surface area contributed by atoms with Crippen molar-refractivity contribution in [3.8, 4) is 5.75 Å². The lowest BCUT2D eigenvalue weighted by atomic mass is 9.90. The Balaban J connectivity index is 1.92. The number of alkyl halides is 3. The highest BCUT2D eigenvalue weighted by Gasteiger charge is 2.29. The number of Topliss-reactive ketones (excluding diaryl/α,β-unsaturated/α-hetero) is 1. The molecule has 0 saturated carbocycles. The van der Waals surface area contributed by atoms with Gasteiger partial charge in [-0.05, 0) is 47.3 Å². The van der Waals surface area contributed by atoms with Gasteiger partial charge in [0, 0.05) is 15.9 Å². The van der Waals surface area contributed by atoms with Crippen LogP contribution in [-0.2, 0) is 11.4 Å². The van der Waals surface area contributed by atoms with E-state index in [0.29, 0.717) is 10.9 Å². The summed E-state index contributed by atoms with van der Waals surface area (Å²) in [5, 5.41) is 10.9. The summed E-state index contributed by atoms with van der Waals surface area (Å²) < 4.78 is 43.6. The second kappa shape index (κ2) is 10.1. The van der Waals surface area contributed by atoms with E-state index in [-0.39, 0.29) is 46.6 Å². The number of hydrogen-bond acceptors (Lipinski definition) is 4. The van der Waals surface area contributed by atoms with E-state index in [9.17, 15) is 27.9 Å². The number of halogens is 3. The molecule has 8 heteroatoms. The smallest absolute Gasteiger partial charge is 0.446 e. The predicted molar refractivity (Wildman–Crippen MR) is 122 cm³/mol. The first-order valence-corrected chi connectivity index (χ1v) is 10.9. The zero-order chi connectivity index (χ0) is 24.2. The topological polar surface area (TPSA) is 63.6 Å². The zero-order valence-corrected chi connectivity index (χ0v) is 18.5. The van der Waals surface area contributed by atoms with Crippen molar-refractivity contribution < 1.29 is 32.6 Å². The lowest BCUT2D eigenvalue weighted by Crippen LogP contribution is -2.20. The molecule has 3 aromatic carbocycles. The standard InChI is InChI=1S/C25H21F3O4S/c1-3-19(24(30)31)15(2)22(29)21-13-10-17-6-4-5-7-20(17)23(21)32-14-16-8-11-18(12-9-16)33-25(26,27)28/h4-13,19H,2-3,14H2,1H3,(H,30,31). The van der Waals surface area contributed by atoms with Crippen LogP contribution in [0.5, 0.6) is 5.75 Å². The summed E-state index contributed by atoms with van der Waals surface area (Å²) in [5.74, 6) is -2.40. The van der Waals surface area contributed by atoms with Gasteiger partial charge in [0.05, 0.1) is 11.5 Å². The summed E-state index contributed by atoms with van der Waals surface area (Å²) in [6.07, 6.45) is 0.214. The Hall–Kier alpha value is -3.26. The number of ether oxygens (including phenoxy) is 1. The summed E-state index contributed by atoms with van der Waals surface area (Å²) in [7, 11) is 0. The van der Waals surface area contributed by atoms with Crippen molar-refractivity contribution in [1.82, 2.24) is 0 Å². The number of benzene rings is 3. The molecule has 4 nitrogen and oxygen atoms in total. The first kappa shape index (κ1) is 24.4. The number of ketones is 1. The Kier molecular flexibility index (Phi) is 7.48. The first-order valence-electron chi connectivity index (χ1n) is 10.1. The first-order chi connectivity index (χ1) is 15.6. The Labute approximate surface area is 193 Å². The molecule has 1 unspecified atom stereocenters. The predicted octanol–water partition coefficient (Wildman–Crippen LogP) is 6.88. The van der Waals surface area contributed by atoms with Crippen molar-refractivity contribution in [2.75, 3.05) is 0 Å². The number of hydrogen-bond donors (Lipinski definition) is 1. The Morgan fingerprint density at radius 2 is 1.73 bits per heavy atom. The Bertz CT molecular complexity index is 1190. The lowest BCUT2D eigenvalue weighted by Gasteiger charge is -2.17. The monoisotopic (exact) mass is 474 g/mol. The molecule has 0 fully saturated rings. The van der Waals surface area contributed by atoms with Gasteiger partial charge in [-0.1, -0.05) is 56.0 Å². The third kappa shape index (κ3) is 5.96. The minimum absolute atomic E-state index is 0.00780. The van der Waals surface area contributed by atoms with E-state index in [4.69, 9.17) is 4.74 Å². The van der Waals surface area contributed by atoms with Gasteiger partial charge >= 0.3 is 11.5 Å². The molecule has 0 amide bonds. The van der Waals surface area contributed by atoms with Gasteiger partial charge in [0.25, 0.3) is 0 Å². The number of thioether (sulfide) groups is 1. The third-order valence-corrected chi connectivity index (χ3v) is 5.82. The number of aliphatic carboxylic acids is 1. The van der Waals surface area contributed by atoms with E-state index < -0.39 is 23.2 Å². The fourth-order valence-corrected chi connectivity index (χ4v) is 3.96. The molecule has 0 aliphatic rings. The molecule has 1 atom stereocenters. The fourth-order valence-electron chi connectivity index (χ4n) is 3.42. The fraction of sp³-hybridized carbons (Fsp3) is 0.200. The molecule has 0 aliphatic carbocycles. The number of carboxylic acids is 1. The molecule has 1 N–H and O–H groups in total. The summed E-state index contributed by atoms with van der Waals surface area (Å²) in [6, 6.07) is 16.3. The average Bonchev–Trinajstić information content (AvgIpc) is 2.77. The number of carboxylic acid groups (broad SMARTS) is 1. The highest BCUT2D eigenvalue weighted by molar-refractivity contribution is 8.00. The maximum Gasteiger partial charge on any atom is 0.446 e. The maximum atomic E-state index is 13.2. The van der Waals surface area contributed by atoms with Crippen LogP contribution in [0.1, 0.15) is 29.3 Å². The zero-order valence-electron chi connectivity index (χ0n) is 17.7. The molecule has 0 aromatic heterocycles. The van der Waals surface area contributed by atoms with Crippen molar-refractivity contribution >= 4 is 34.3 Å². The van der Waals surface area contributed by atoms with Gasteiger partial charge in [0.1, 0.15) is 12.4 Å². The molecule has 33 heavy (non-hydrogen) atoms. The minimum atomic E-state index is -4.37. The van der Waals surface area contributed by atoms with Crippen LogP contribution in [0.25, 0.3) is 10.8 Å². The lowest BCUT2D eigenvalue weighted by molar-refractivity contribution is -0.140. The highest BCUT2D eigenvalue weighted by Crippen LogP contribution is 2.37. The van der Waals surface area contributed by atoms with Gasteiger partial charge in [0.2, 0.25) is 0 Å². The molecule has 3 aromatic rings. The van der Waals surface area contributed by atoms with Crippen molar-refractivity contribution in [2.24, 2.45) is 5.92 Å². The third-order valence-electron chi connectivity index (χ3n) is 5.08. The van der Waals surface area contributed by atoms with Crippen LogP contribution in [0, 0.1) is 5.92 Å². The van der Waals surface area contributed by atoms with Gasteiger partial charge in [0.15, 0.2) is 5.78 Å². The van der Waals surface area contributed by atoms with Gasteiger partial charge in [-0.25, -0.2) is 0 Å². The molecular formula is C25H21F3O4S. The van der Waals surface area contributed by atoms with Crippen LogP contribution in [0.15, 0.2) is 77.7 Å². The Morgan fingerprint density at radius 3 is 2.33 bits per heavy atom. The van der Waals surface area contributed by atoms with Crippen molar-refractivity contribution in [2.45, 2.75) is 30.4 Å². The molecule has 0 radical (unpaired) electrons. The van der Waals surface area contributed by atoms with Gasteiger partial charge in [-0.15, -0.1) is 0 Å². The van der Waals surface area contributed by atoms with Crippen LogP contribution in [0.3, 0.4) is 0 Å². The molecule has 0 spiro atoms. The molecule has 3 rings (SSSR count). The van der Waals surface area contributed by atoms with E-state index in [1.54, 1.807) is 31.2 Å². The number of fused-ring (bicyclic) bond motifs is 1. The molecular weight excluding hydrogens is 453 g/mol. The second-order valence-electron chi connectivity index (χ2n) is 7.30. The minimum Gasteiger partial charge on any atom is -0.487 e. The van der Waals surface area contributed by atoms with Crippen molar-refractivity contribution in [3.63, 3.8) is 0 Å². The van der Waals surface area contributed by atoms with E-state index in [0.717, 1.165) is 5.39 Å². The summed E-state index contributed by atoms with van der Waals surface area (Å²) >= 11 is -0.201. The van der Waals surface area contributed by atoms with Gasteiger partial charge in [-0.3, -0.25) is 9.59 Å². The number of carbonyl (C=O) groups excluding carboxylic acids is 1. The van der Waals surface area contributed by atoms with E-state index in [1.807, 2.05) is 12.1 Å². The van der Waals surface area contributed by atoms with E-state index in [2.05, 4.69) is 6.58 Å². The molecule has 0 heterocycles. The SMILES string of the molecule is C=C(C(=O)c1ccc2ccccc2c1OCc1ccc(SC(F)(F)F)cc1)C(CC)C(=O)O. The quantitative estimate of drug-likeness (QED) is 0.208. The number of carbonyl (C=O) groups is 2. The molecule has 172 valence electrons. The van der Waals surface area contributed by atoms with Gasteiger partial charge in [-0.2, -0.15) is 13.2 Å². The van der Waals surface area contributed by atoms with E-state index >= 15 is 0 Å². The molecule has 0 bridgehead atoms. The largest absolute Gasteiger partial charge is 0.487 e. The highest BCUT2D eigenvalue weighted by atomic mass is 32.2. The number of rotatable bonds is 9. The molecule has 0 saturated heterocycles. The Morgan fingerprint density at radius 1 is 1.06 bits per heavy atom. The van der Waals surface area contributed by atoms with Crippen molar-refractivity contribution in [1.29, 1.82) is 0 Å². The maximum absolute atomic E-state index is 13.2. The van der Waals surface area contributed by atoms with Crippen LogP contribution in [0.2, 0.25) is 0 Å². The summed E-state index contributed by atoms with van der Waals surface area (Å²) in [6.45, 7) is 5.39. The van der Waals surface area contributed by atoms with Crippen LogP contribution >= 0.6 is 11.8 Å². The van der Waals surface area contributed by atoms with Gasteiger partial charge < -0.3 is 9.84 Å². The normalized spacial score (nSPS) is 12.4. The van der Waals surface area contributed by atoms with Crippen molar-refractivity contribution in [3.05, 3.63) is 83.9 Å². The van der Waals surface area contributed by atoms with E-state index in [1.165, 1.54) is 24.3 Å². The second-order valence-corrected chi connectivity index (χ2v) is 8.44. The molecule has 0 aliphatic heterocycles.